The van der Waals surface area contributed by atoms with E-state index in [1.807, 2.05) is 49.4 Å². The molecule has 0 aliphatic heterocycles. The molecule has 2 N–H and O–H groups in total. The number of esters is 1. The quantitative estimate of drug-likeness (QED) is 0.141. The Hall–Kier alpha value is -4.72. The summed E-state index contributed by atoms with van der Waals surface area (Å²) in [5.74, 6) is -1.79. The molecule has 0 radical (unpaired) electrons. The van der Waals surface area contributed by atoms with Crippen LogP contribution >= 0.6 is 0 Å². The van der Waals surface area contributed by atoms with Gasteiger partial charge in [0.2, 0.25) is 0 Å². The number of hydrazone groups is 1. The number of carbonyl (C=O) groups excluding carboxylic acids is 3. The second-order valence-corrected chi connectivity index (χ2v) is 7.09. The van der Waals surface area contributed by atoms with Crippen molar-refractivity contribution in [1.29, 1.82) is 0 Å². The number of hydrogen-bond acceptors (Lipinski definition) is 6. The minimum absolute atomic E-state index is 0.226. The van der Waals surface area contributed by atoms with Crippen LogP contribution in [0.2, 0.25) is 0 Å². The highest BCUT2D eigenvalue weighted by Gasteiger charge is 2.13. The van der Waals surface area contributed by atoms with Crippen LogP contribution in [0.5, 0.6) is 11.5 Å². The number of rotatable bonds is 7. The lowest BCUT2D eigenvalue weighted by atomic mass is 10.2. The number of amides is 2. The molecular formula is C26H23N3O5. The molecule has 0 unspecified atom stereocenters. The number of benzene rings is 3. The van der Waals surface area contributed by atoms with Crippen molar-refractivity contribution in [3.8, 4) is 11.5 Å². The Balaban J connectivity index is 1.56. The molecule has 3 aromatic rings. The van der Waals surface area contributed by atoms with E-state index in [4.69, 9.17) is 9.47 Å². The highest BCUT2D eigenvalue weighted by atomic mass is 16.6. The summed E-state index contributed by atoms with van der Waals surface area (Å²) in [4.78, 5) is 36.0. The Morgan fingerprint density at radius 3 is 2.29 bits per heavy atom. The van der Waals surface area contributed by atoms with Gasteiger partial charge in [0, 0.05) is 11.8 Å². The first-order valence-corrected chi connectivity index (χ1v) is 10.3. The zero-order chi connectivity index (χ0) is 24.3. The summed E-state index contributed by atoms with van der Waals surface area (Å²) in [5.41, 5.74) is 5.12. The minimum Gasteiger partial charge on any atom is -0.493 e. The fraction of sp³-hybridized carbons (Fsp3) is 0.0769. The number of carbonyl (C=O) groups is 3. The van der Waals surface area contributed by atoms with Gasteiger partial charge in [-0.05, 0) is 54.5 Å². The predicted octanol–water partition coefficient (Wildman–Crippen LogP) is 3.71. The highest BCUT2D eigenvalue weighted by Crippen LogP contribution is 2.27. The van der Waals surface area contributed by atoms with Crippen molar-refractivity contribution in [2.45, 2.75) is 6.92 Å². The van der Waals surface area contributed by atoms with Gasteiger partial charge in [-0.25, -0.2) is 10.2 Å². The number of aryl methyl sites for hydroxylation is 1. The van der Waals surface area contributed by atoms with Crippen LogP contribution in [-0.2, 0) is 14.4 Å². The molecule has 0 aromatic heterocycles. The number of nitrogens with one attached hydrogen (secondary N) is 2. The van der Waals surface area contributed by atoms with Crippen LogP contribution in [0.3, 0.4) is 0 Å². The smallest absolute Gasteiger partial charge is 0.336 e. The molecule has 0 aliphatic rings. The van der Waals surface area contributed by atoms with Gasteiger partial charge in [0.05, 0.1) is 13.3 Å². The zero-order valence-electron chi connectivity index (χ0n) is 18.6. The van der Waals surface area contributed by atoms with Gasteiger partial charge in [0.15, 0.2) is 11.5 Å². The number of ether oxygens (including phenoxy) is 2. The first kappa shape index (κ1) is 23.9. The van der Waals surface area contributed by atoms with Gasteiger partial charge >= 0.3 is 17.8 Å². The van der Waals surface area contributed by atoms with Gasteiger partial charge in [-0.2, -0.15) is 5.10 Å². The molecule has 2 amide bonds. The Kier molecular flexibility index (Phi) is 8.29. The Morgan fingerprint density at radius 1 is 0.853 bits per heavy atom. The van der Waals surface area contributed by atoms with E-state index in [-0.39, 0.29) is 5.75 Å². The third-order valence-electron chi connectivity index (χ3n) is 4.51. The SMILES string of the molecule is COc1cc(/C=N/NC(=O)C(=O)Nc2ccc(C)cc2)ccc1OC(=O)/C=C/c1ccccc1. The third kappa shape index (κ3) is 7.16. The molecule has 0 saturated carbocycles. The lowest BCUT2D eigenvalue weighted by Crippen LogP contribution is -2.32. The van der Waals surface area contributed by atoms with E-state index < -0.39 is 17.8 Å². The summed E-state index contributed by atoms with van der Waals surface area (Å²) >= 11 is 0. The lowest BCUT2D eigenvalue weighted by molar-refractivity contribution is -0.136. The van der Waals surface area contributed by atoms with Crippen LogP contribution < -0.4 is 20.2 Å². The molecule has 0 atom stereocenters. The van der Waals surface area contributed by atoms with Crippen LogP contribution in [-0.4, -0.2) is 31.1 Å². The zero-order valence-corrected chi connectivity index (χ0v) is 18.6. The van der Waals surface area contributed by atoms with Crippen molar-refractivity contribution in [2.75, 3.05) is 12.4 Å². The lowest BCUT2D eigenvalue weighted by Gasteiger charge is -2.08. The fourth-order valence-corrected chi connectivity index (χ4v) is 2.76. The Bertz CT molecular complexity index is 1220. The molecule has 0 saturated heterocycles. The maximum absolute atomic E-state index is 12.1. The molecule has 8 heteroatoms. The summed E-state index contributed by atoms with van der Waals surface area (Å²) in [5, 5.41) is 6.27. The van der Waals surface area contributed by atoms with Gasteiger partial charge < -0.3 is 14.8 Å². The van der Waals surface area contributed by atoms with Crippen LogP contribution in [0, 0.1) is 6.92 Å². The van der Waals surface area contributed by atoms with Gasteiger partial charge in [-0.1, -0.05) is 48.0 Å². The maximum atomic E-state index is 12.1. The number of anilines is 1. The summed E-state index contributed by atoms with van der Waals surface area (Å²) in [6.07, 6.45) is 4.30. The average molecular weight is 457 g/mol. The molecule has 0 aliphatic carbocycles. The van der Waals surface area contributed by atoms with Crippen LogP contribution in [0.1, 0.15) is 16.7 Å². The first-order chi connectivity index (χ1) is 16.4. The van der Waals surface area contributed by atoms with E-state index in [1.54, 1.807) is 36.4 Å². The number of nitrogens with zero attached hydrogens (tertiary/aromatic N) is 1. The molecule has 0 heterocycles. The monoisotopic (exact) mass is 457 g/mol. The second-order valence-electron chi connectivity index (χ2n) is 7.09. The van der Waals surface area contributed by atoms with Crippen LogP contribution in [0.15, 0.2) is 84.0 Å². The van der Waals surface area contributed by atoms with Crippen LogP contribution in [0.4, 0.5) is 5.69 Å². The maximum Gasteiger partial charge on any atom is 0.336 e. The van der Waals surface area contributed by atoms with Crippen molar-refractivity contribution in [3.05, 3.63) is 95.6 Å². The van der Waals surface area contributed by atoms with Gasteiger partial charge in [0.25, 0.3) is 0 Å². The van der Waals surface area contributed by atoms with Crippen molar-refractivity contribution in [3.63, 3.8) is 0 Å². The summed E-state index contributed by atoms with van der Waals surface area (Å²) in [6, 6.07) is 21.1. The summed E-state index contributed by atoms with van der Waals surface area (Å²) < 4.78 is 10.6. The average Bonchev–Trinajstić information content (AvgIpc) is 2.85. The molecule has 3 rings (SSSR count). The predicted molar refractivity (Wildman–Crippen MR) is 130 cm³/mol. The summed E-state index contributed by atoms with van der Waals surface area (Å²) in [7, 11) is 1.44. The number of methoxy groups -OCH3 is 1. The second kappa shape index (κ2) is 11.8. The van der Waals surface area contributed by atoms with E-state index in [0.29, 0.717) is 17.0 Å². The molecule has 0 fully saturated rings. The van der Waals surface area contributed by atoms with Gasteiger partial charge in [-0.3, -0.25) is 9.59 Å². The van der Waals surface area contributed by atoms with Gasteiger partial charge in [-0.15, -0.1) is 0 Å². The molecule has 8 nitrogen and oxygen atoms in total. The van der Waals surface area contributed by atoms with Gasteiger partial charge in [0.1, 0.15) is 0 Å². The first-order valence-electron chi connectivity index (χ1n) is 10.3. The van der Waals surface area contributed by atoms with E-state index >= 15 is 0 Å². The molecule has 34 heavy (non-hydrogen) atoms. The van der Waals surface area contributed by atoms with Crippen molar-refractivity contribution >= 4 is 35.8 Å². The van der Waals surface area contributed by atoms with Crippen molar-refractivity contribution in [1.82, 2.24) is 5.43 Å². The van der Waals surface area contributed by atoms with Crippen LogP contribution in [0.25, 0.3) is 6.08 Å². The standard InChI is InChI=1S/C26H23N3O5/c1-18-8-12-21(13-9-18)28-25(31)26(32)29-27-17-20-10-14-22(23(16-20)33-2)34-24(30)15-11-19-6-4-3-5-7-19/h3-17H,1-2H3,(H,28,31)(H,29,32)/b15-11+,27-17+. The third-order valence-corrected chi connectivity index (χ3v) is 4.51. The van der Waals surface area contributed by atoms with Crippen molar-refractivity contribution < 1.29 is 23.9 Å². The molecule has 0 spiro atoms. The fourth-order valence-electron chi connectivity index (χ4n) is 2.76. The Labute approximate surface area is 196 Å². The van der Waals surface area contributed by atoms with E-state index in [0.717, 1.165) is 11.1 Å². The molecule has 172 valence electrons. The van der Waals surface area contributed by atoms with E-state index in [9.17, 15) is 14.4 Å². The van der Waals surface area contributed by atoms with E-state index in [1.165, 1.54) is 19.4 Å². The van der Waals surface area contributed by atoms with Crippen molar-refractivity contribution in [2.24, 2.45) is 5.10 Å². The molecule has 3 aromatic carbocycles. The topological polar surface area (TPSA) is 106 Å². The molecular weight excluding hydrogens is 434 g/mol. The highest BCUT2D eigenvalue weighted by molar-refractivity contribution is 6.39. The van der Waals surface area contributed by atoms with E-state index in [2.05, 4.69) is 15.8 Å². The normalized spacial score (nSPS) is 10.8. The minimum atomic E-state index is -0.917. The Morgan fingerprint density at radius 2 is 1.59 bits per heavy atom. The summed E-state index contributed by atoms with van der Waals surface area (Å²) in [6.45, 7) is 1.92. The largest absolute Gasteiger partial charge is 0.493 e. The molecule has 0 bridgehead atoms. The number of hydrogen-bond donors (Lipinski definition) is 2.